The van der Waals surface area contributed by atoms with Crippen molar-refractivity contribution in [3.05, 3.63) is 17.8 Å². The molecule has 0 bridgehead atoms. The third-order valence-corrected chi connectivity index (χ3v) is 3.45. The number of aromatic nitrogens is 1. The number of hydrogen-bond acceptors (Lipinski definition) is 3. The van der Waals surface area contributed by atoms with Crippen LogP contribution in [0, 0.1) is 12.8 Å². The van der Waals surface area contributed by atoms with E-state index < -0.39 is 0 Å². The molecular formula is C13H22N2O. The topological polar surface area (TPSA) is 38.1 Å². The number of nitrogens with one attached hydrogen (secondary N) is 1. The minimum atomic E-state index is 0.232. The first-order chi connectivity index (χ1) is 7.75. The lowest BCUT2D eigenvalue weighted by molar-refractivity contribution is 0.316. The second-order valence-electron chi connectivity index (χ2n) is 4.94. The first-order valence-electron chi connectivity index (χ1n) is 6.41. The standard InChI is InChI=1S/C13H22N2O/c1-10-8-15-13(16-10)11(2)14-9-12-6-4-3-5-7-12/h8,11-12,14H,3-7,9H2,1-2H3. The Hall–Kier alpha value is -0.830. The molecule has 1 aromatic heterocycles. The highest BCUT2D eigenvalue weighted by Crippen LogP contribution is 2.23. The third-order valence-electron chi connectivity index (χ3n) is 3.45. The van der Waals surface area contributed by atoms with Gasteiger partial charge in [0, 0.05) is 0 Å². The van der Waals surface area contributed by atoms with Crippen LogP contribution in [0.5, 0.6) is 0 Å². The van der Waals surface area contributed by atoms with E-state index in [4.69, 9.17) is 4.42 Å². The van der Waals surface area contributed by atoms with Gasteiger partial charge in [0.1, 0.15) is 5.76 Å². The van der Waals surface area contributed by atoms with Crippen molar-refractivity contribution in [1.29, 1.82) is 0 Å². The summed E-state index contributed by atoms with van der Waals surface area (Å²) in [6.07, 6.45) is 8.77. The Balaban J connectivity index is 1.76. The molecule has 1 aliphatic rings. The van der Waals surface area contributed by atoms with Crippen molar-refractivity contribution in [3.63, 3.8) is 0 Å². The van der Waals surface area contributed by atoms with Gasteiger partial charge in [-0.05, 0) is 39.2 Å². The maximum absolute atomic E-state index is 5.51. The molecule has 1 saturated carbocycles. The normalized spacial score (nSPS) is 19.9. The van der Waals surface area contributed by atoms with E-state index in [1.54, 1.807) is 6.20 Å². The molecular weight excluding hydrogens is 200 g/mol. The molecule has 3 nitrogen and oxygen atoms in total. The van der Waals surface area contributed by atoms with Crippen molar-refractivity contribution in [2.45, 2.75) is 52.0 Å². The van der Waals surface area contributed by atoms with E-state index in [0.29, 0.717) is 0 Å². The fraction of sp³-hybridized carbons (Fsp3) is 0.769. The molecule has 0 spiro atoms. The van der Waals surface area contributed by atoms with Crippen LogP contribution in [0.3, 0.4) is 0 Å². The molecule has 2 rings (SSSR count). The molecule has 1 N–H and O–H groups in total. The predicted octanol–water partition coefficient (Wildman–Crippen LogP) is 3.21. The quantitative estimate of drug-likeness (QED) is 0.850. The number of rotatable bonds is 4. The van der Waals surface area contributed by atoms with Crippen LogP contribution in [-0.2, 0) is 0 Å². The van der Waals surface area contributed by atoms with Gasteiger partial charge < -0.3 is 9.73 Å². The number of oxazole rings is 1. The first-order valence-corrected chi connectivity index (χ1v) is 6.41. The molecule has 0 saturated heterocycles. The first kappa shape index (κ1) is 11.6. The molecule has 1 unspecified atom stereocenters. The monoisotopic (exact) mass is 222 g/mol. The Kier molecular flexibility index (Phi) is 3.99. The minimum Gasteiger partial charge on any atom is -0.444 e. The molecule has 3 heteroatoms. The van der Waals surface area contributed by atoms with Gasteiger partial charge in [0.15, 0.2) is 0 Å². The van der Waals surface area contributed by atoms with Gasteiger partial charge in [-0.1, -0.05) is 19.3 Å². The van der Waals surface area contributed by atoms with Crippen LogP contribution >= 0.6 is 0 Å². The van der Waals surface area contributed by atoms with Crippen LogP contribution in [-0.4, -0.2) is 11.5 Å². The number of nitrogens with zero attached hydrogens (tertiary/aromatic N) is 1. The Bertz CT molecular complexity index is 315. The Morgan fingerprint density at radius 3 is 2.81 bits per heavy atom. The molecule has 1 fully saturated rings. The lowest BCUT2D eigenvalue weighted by Gasteiger charge is -2.23. The maximum Gasteiger partial charge on any atom is 0.211 e. The van der Waals surface area contributed by atoms with E-state index in [2.05, 4.69) is 17.2 Å². The summed E-state index contributed by atoms with van der Waals surface area (Å²) >= 11 is 0. The SMILES string of the molecule is Cc1cnc(C(C)NCC2CCCCC2)o1. The lowest BCUT2D eigenvalue weighted by atomic mass is 9.89. The molecule has 0 aromatic carbocycles. The van der Waals surface area contributed by atoms with Crippen molar-refractivity contribution >= 4 is 0 Å². The molecule has 1 aliphatic carbocycles. The molecule has 1 aromatic rings. The smallest absolute Gasteiger partial charge is 0.211 e. The summed E-state index contributed by atoms with van der Waals surface area (Å²) in [7, 11) is 0. The number of hydrogen-bond donors (Lipinski definition) is 1. The Morgan fingerprint density at radius 1 is 1.44 bits per heavy atom. The fourth-order valence-corrected chi connectivity index (χ4v) is 2.39. The van der Waals surface area contributed by atoms with E-state index in [0.717, 1.165) is 24.1 Å². The predicted molar refractivity (Wildman–Crippen MR) is 64.2 cm³/mol. The van der Waals surface area contributed by atoms with E-state index in [-0.39, 0.29) is 6.04 Å². The van der Waals surface area contributed by atoms with Crippen LogP contribution in [0.1, 0.15) is 56.7 Å². The van der Waals surface area contributed by atoms with E-state index >= 15 is 0 Å². The minimum absolute atomic E-state index is 0.232. The van der Waals surface area contributed by atoms with Gasteiger partial charge in [0.2, 0.25) is 5.89 Å². The summed E-state index contributed by atoms with van der Waals surface area (Å²) in [5.74, 6) is 2.56. The summed E-state index contributed by atoms with van der Waals surface area (Å²) in [6.45, 7) is 5.15. The highest BCUT2D eigenvalue weighted by Gasteiger charge is 2.16. The van der Waals surface area contributed by atoms with E-state index in [9.17, 15) is 0 Å². The summed E-state index contributed by atoms with van der Waals surface area (Å²) < 4.78 is 5.51. The van der Waals surface area contributed by atoms with Crippen molar-refractivity contribution in [2.75, 3.05) is 6.54 Å². The zero-order valence-corrected chi connectivity index (χ0v) is 10.3. The van der Waals surface area contributed by atoms with Gasteiger partial charge >= 0.3 is 0 Å². The summed E-state index contributed by atoms with van der Waals surface area (Å²) in [4.78, 5) is 4.25. The van der Waals surface area contributed by atoms with Crippen molar-refractivity contribution in [3.8, 4) is 0 Å². The van der Waals surface area contributed by atoms with Crippen LogP contribution in [0.15, 0.2) is 10.6 Å². The molecule has 0 aliphatic heterocycles. The summed E-state index contributed by atoms with van der Waals surface area (Å²) in [5.41, 5.74) is 0. The van der Waals surface area contributed by atoms with E-state index in [1.165, 1.54) is 32.1 Å². The average Bonchev–Trinajstić information content (AvgIpc) is 2.74. The number of aryl methyl sites for hydroxylation is 1. The van der Waals surface area contributed by atoms with Gasteiger partial charge in [-0.25, -0.2) is 4.98 Å². The van der Waals surface area contributed by atoms with Gasteiger partial charge in [-0.15, -0.1) is 0 Å². The molecule has 16 heavy (non-hydrogen) atoms. The fourth-order valence-electron chi connectivity index (χ4n) is 2.39. The lowest BCUT2D eigenvalue weighted by Crippen LogP contribution is -2.27. The largest absolute Gasteiger partial charge is 0.444 e. The molecule has 1 heterocycles. The summed E-state index contributed by atoms with van der Waals surface area (Å²) in [5, 5.41) is 3.53. The molecule has 90 valence electrons. The van der Waals surface area contributed by atoms with Crippen LogP contribution in [0.25, 0.3) is 0 Å². The van der Waals surface area contributed by atoms with Crippen LogP contribution in [0.4, 0.5) is 0 Å². The zero-order chi connectivity index (χ0) is 11.4. The van der Waals surface area contributed by atoms with Crippen molar-refractivity contribution in [1.82, 2.24) is 10.3 Å². The van der Waals surface area contributed by atoms with Crippen molar-refractivity contribution in [2.24, 2.45) is 5.92 Å². The van der Waals surface area contributed by atoms with Gasteiger partial charge in [0.25, 0.3) is 0 Å². The van der Waals surface area contributed by atoms with Crippen LogP contribution in [0.2, 0.25) is 0 Å². The van der Waals surface area contributed by atoms with Gasteiger partial charge in [-0.2, -0.15) is 0 Å². The van der Waals surface area contributed by atoms with Crippen LogP contribution < -0.4 is 5.32 Å². The Morgan fingerprint density at radius 2 is 2.19 bits per heavy atom. The highest BCUT2D eigenvalue weighted by atomic mass is 16.4. The third kappa shape index (κ3) is 3.08. The van der Waals surface area contributed by atoms with Gasteiger partial charge in [-0.3, -0.25) is 0 Å². The average molecular weight is 222 g/mol. The van der Waals surface area contributed by atoms with E-state index in [1.807, 2.05) is 6.92 Å². The second kappa shape index (κ2) is 5.48. The molecule has 0 radical (unpaired) electrons. The molecule has 1 atom stereocenters. The second-order valence-corrected chi connectivity index (χ2v) is 4.94. The Labute approximate surface area is 97.6 Å². The zero-order valence-electron chi connectivity index (χ0n) is 10.3. The van der Waals surface area contributed by atoms with Gasteiger partial charge in [0.05, 0.1) is 12.2 Å². The maximum atomic E-state index is 5.51. The summed E-state index contributed by atoms with van der Waals surface area (Å²) in [6, 6.07) is 0.232. The molecule has 0 amide bonds. The van der Waals surface area contributed by atoms with Crippen molar-refractivity contribution < 1.29 is 4.42 Å². The highest BCUT2D eigenvalue weighted by molar-refractivity contribution is 4.95.